The van der Waals surface area contributed by atoms with Gasteiger partial charge in [0.1, 0.15) is 0 Å². The number of rotatable bonds is 1. The summed E-state index contributed by atoms with van der Waals surface area (Å²) in [5, 5.41) is 2.32. The molecule has 4 N–H and O–H groups in total. The molecular formula is C26H15F5N4. The molecule has 0 spiro atoms. The van der Waals surface area contributed by atoms with Gasteiger partial charge in [-0.3, -0.25) is 0 Å². The van der Waals surface area contributed by atoms with Gasteiger partial charge >= 0.3 is 0 Å². The highest BCUT2D eigenvalue weighted by Gasteiger charge is 2.29. The van der Waals surface area contributed by atoms with Gasteiger partial charge in [-0.15, -0.1) is 0 Å². The van der Waals surface area contributed by atoms with Crippen LogP contribution in [0.5, 0.6) is 0 Å². The number of aromatic amines is 4. The molecule has 0 aliphatic carbocycles. The van der Waals surface area contributed by atoms with Crippen LogP contribution in [-0.2, 0) is 0 Å². The maximum atomic E-state index is 14.9. The Hall–Kier alpha value is -4.53. The Morgan fingerprint density at radius 3 is 1.54 bits per heavy atom. The Kier molecular flexibility index (Phi) is 4.67. The van der Waals surface area contributed by atoms with E-state index in [1.165, 1.54) is 12.1 Å². The third-order valence-electron chi connectivity index (χ3n) is 5.81. The summed E-state index contributed by atoms with van der Waals surface area (Å²) in [5.41, 5.74) is 1.09. The van der Waals surface area contributed by atoms with Crippen LogP contribution in [0.3, 0.4) is 0 Å². The highest BCUT2D eigenvalue weighted by atomic mass is 19.2. The molecule has 0 unspecified atom stereocenters. The van der Waals surface area contributed by atoms with Gasteiger partial charge < -0.3 is 19.9 Å². The molecule has 4 aromatic heterocycles. The van der Waals surface area contributed by atoms with Gasteiger partial charge in [-0.05, 0) is 66.8 Å². The first-order valence-electron chi connectivity index (χ1n) is 10.6. The fourth-order valence-electron chi connectivity index (χ4n) is 4.22. The molecule has 0 saturated carbocycles. The molecule has 5 aromatic rings. The number of hydrogen-bond donors (Lipinski definition) is 4. The van der Waals surface area contributed by atoms with Crippen LogP contribution in [0.1, 0.15) is 28.3 Å². The van der Waals surface area contributed by atoms with Crippen LogP contribution in [0, 0.1) is 29.1 Å². The predicted molar refractivity (Wildman–Crippen MR) is 120 cm³/mol. The van der Waals surface area contributed by atoms with Crippen LogP contribution in [0.2, 0.25) is 0 Å². The number of aromatic nitrogens is 4. The molecule has 9 heteroatoms. The highest BCUT2D eigenvalue weighted by Crippen LogP contribution is 2.30. The van der Waals surface area contributed by atoms with E-state index in [1.807, 2.05) is 30.3 Å². The molecule has 0 atom stereocenters. The molecule has 0 fully saturated rings. The van der Waals surface area contributed by atoms with Gasteiger partial charge in [0.05, 0.1) is 5.56 Å². The van der Waals surface area contributed by atoms with Crippen LogP contribution in [0.25, 0.3) is 23.8 Å². The first-order chi connectivity index (χ1) is 16.9. The molecule has 0 radical (unpaired) electrons. The maximum Gasteiger partial charge on any atom is 0.200 e. The van der Waals surface area contributed by atoms with E-state index in [1.54, 1.807) is 24.3 Å². The third-order valence-corrected chi connectivity index (χ3v) is 5.81. The van der Waals surface area contributed by atoms with Crippen molar-refractivity contribution in [1.82, 2.24) is 19.9 Å². The summed E-state index contributed by atoms with van der Waals surface area (Å²) >= 11 is 0. The Morgan fingerprint density at radius 1 is 0.429 bits per heavy atom. The molecule has 35 heavy (non-hydrogen) atoms. The summed E-state index contributed by atoms with van der Waals surface area (Å²) in [6.45, 7) is 0. The van der Waals surface area contributed by atoms with E-state index in [0.717, 1.165) is 22.1 Å². The average Bonchev–Trinajstić information content (AvgIpc) is 3.64. The van der Waals surface area contributed by atoms with E-state index in [-0.39, 0.29) is 16.6 Å². The van der Waals surface area contributed by atoms with Crippen molar-refractivity contribution >= 4 is 23.8 Å². The summed E-state index contributed by atoms with van der Waals surface area (Å²) in [6.07, 6.45) is 5.46. The lowest BCUT2D eigenvalue weighted by Gasteiger charge is -2.11. The zero-order valence-corrected chi connectivity index (χ0v) is 17.7. The molecule has 4 nitrogen and oxygen atoms in total. The zero-order chi connectivity index (χ0) is 24.3. The highest BCUT2D eigenvalue weighted by molar-refractivity contribution is 5.78. The summed E-state index contributed by atoms with van der Waals surface area (Å²) < 4.78 is 71.8. The second-order valence-corrected chi connectivity index (χ2v) is 8.15. The second-order valence-electron chi connectivity index (χ2n) is 8.15. The topological polar surface area (TPSA) is 63.2 Å². The number of fused-ring (bicyclic) bond motifs is 8. The standard InChI is InChI=1S/C26H15F5N4/c27-22-21(23(28)25(30)26(31)24(22)29)20-18-7-5-16(34-18)10-14-3-1-12(32-14)9-13-2-4-15(33-13)11-17-6-8-19(20)35-17/h1-11,32-35H. The Morgan fingerprint density at radius 2 is 0.914 bits per heavy atom. The van der Waals surface area contributed by atoms with Gasteiger partial charge in [0.15, 0.2) is 23.3 Å². The van der Waals surface area contributed by atoms with Crippen molar-refractivity contribution in [2.75, 3.05) is 0 Å². The molecule has 8 bridgehead atoms. The van der Waals surface area contributed by atoms with Crippen molar-refractivity contribution in [2.45, 2.75) is 0 Å². The summed E-state index contributed by atoms with van der Waals surface area (Å²) in [7, 11) is 0. The van der Waals surface area contributed by atoms with Gasteiger partial charge in [-0.1, -0.05) is 0 Å². The SMILES string of the molecule is Fc1c(F)c(F)c(C2=c3ccc([nH]3)=Cc3ccc([nH]3)C=c3ccc([nH]3)=Cc3ccc2[nH]3)c(F)c1F. The van der Waals surface area contributed by atoms with Gasteiger partial charge in [-0.25, -0.2) is 22.0 Å². The molecule has 0 amide bonds. The van der Waals surface area contributed by atoms with Gasteiger partial charge in [0.2, 0.25) is 5.82 Å². The molecule has 1 aliphatic heterocycles. The van der Waals surface area contributed by atoms with Crippen LogP contribution in [-0.4, -0.2) is 19.9 Å². The lowest BCUT2D eigenvalue weighted by Crippen LogP contribution is -2.18. The lowest BCUT2D eigenvalue weighted by atomic mass is 10.00. The van der Waals surface area contributed by atoms with Gasteiger partial charge in [0, 0.05) is 49.7 Å². The number of H-pyrrole nitrogens is 4. The van der Waals surface area contributed by atoms with E-state index in [0.29, 0.717) is 11.0 Å². The van der Waals surface area contributed by atoms with Gasteiger partial charge in [-0.2, -0.15) is 0 Å². The van der Waals surface area contributed by atoms with E-state index in [2.05, 4.69) is 19.9 Å². The fraction of sp³-hybridized carbons (Fsp3) is 0. The van der Waals surface area contributed by atoms with E-state index < -0.39 is 34.6 Å². The normalized spacial score (nSPS) is 12.8. The lowest BCUT2D eigenvalue weighted by molar-refractivity contribution is 0.376. The van der Waals surface area contributed by atoms with Crippen molar-refractivity contribution in [1.29, 1.82) is 0 Å². The monoisotopic (exact) mass is 478 g/mol. The minimum Gasteiger partial charge on any atom is -0.355 e. The van der Waals surface area contributed by atoms with Crippen molar-refractivity contribution in [3.63, 3.8) is 0 Å². The largest absolute Gasteiger partial charge is 0.355 e. The Balaban J connectivity index is 1.72. The van der Waals surface area contributed by atoms with E-state index in [4.69, 9.17) is 0 Å². The molecule has 0 saturated heterocycles. The number of hydrogen-bond acceptors (Lipinski definition) is 0. The van der Waals surface area contributed by atoms with Crippen LogP contribution in [0.15, 0.2) is 48.5 Å². The first-order valence-corrected chi connectivity index (χ1v) is 10.6. The Labute approximate surface area is 193 Å². The molecule has 174 valence electrons. The smallest absolute Gasteiger partial charge is 0.200 e. The number of halogens is 5. The summed E-state index contributed by atoms with van der Waals surface area (Å²) in [6, 6.07) is 13.8. The maximum absolute atomic E-state index is 14.9. The zero-order valence-electron chi connectivity index (χ0n) is 17.7. The third kappa shape index (κ3) is 3.52. The predicted octanol–water partition coefficient (Wildman–Crippen LogP) is 2.74. The number of benzene rings is 1. The molecular weight excluding hydrogens is 463 g/mol. The van der Waals surface area contributed by atoms with E-state index >= 15 is 0 Å². The quantitative estimate of drug-likeness (QED) is 0.160. The minimum absolute atomic E-state index is 0.167. The first kappa shape index (κ1) is 21.0. The fourth-order valence-corrected chi connectivity index (χ4v) is 4.22. The molecule has 6 rings (SSSR count). The van der Waals surface area contributed by atoms with Crippen molar-refractivity contribution in [2.24, 2.45) is 0 Å². The summed E-state index contributed by atoms with van der Waals surface area (Å²) in [4.78, 5) is 12.5. The molecule has 1 aromatic carbocycles. The minimum atomic E-state index is -2.21. The van der Waals surface area contributed by atoms with Crippen molar-refractivity contribution in [3.8, 4) is 0 Å². The molecule has 5 heterocycles. The van der Waals surface area contributed by atoms with Crippen LogP contribution >= 0.6 is 0 Å². The van der Waals surface area contributed by atoms with Crippen molar-refractivity contribution in [3.05, 3.63) is 127 Å². The van der Waals surface area contributed by atoms with Crippen LogP contribution in [0.4, 0.5) is 22.0 Å². The average molecular weight is 478 g/mol. The van der Waals surface area contributed by atoms with Gasteiger partial charge in [0.25, 0.3) is 0 Å². The molecule has 1 aliphatic rings. The van der Waals surface area contributed by atoms with E-state index in [9.17, 15) is 22.0 Å². The summed E-state index contributed by atoms with van der Waals surface area (Å²) in [5.74, 6) is -10.1. The number of nitrogens with one attached hydrogen (secondary N) is 4. The Bertz CT molecular complexity index is 1840. The van der Waals surface area contributed by atoms with Crippen molar-refractivity contribution < 1.29 is 22.0 Å². The van der Waals surface area contributed by atoms with Crippen LogP contribution < -0.4 is 21.4 Å². The second kappa shape index (κ2) is 7.76.